The Morgan fingerprint density at radius 1 is 0.404 bits per heavy atom. The molecule has 8 aromatic carbocycles. The molecule has 0 radical (unpaired) electrons. The van der Waals surface area contributed by atoms with Crippen molar-refractivity contribution in [3.8, 4) is 33.5 Å². The monoisotopic (exact) mass is 698 g/mol. The van der Waals surface area contributed by atoms with Crippen LogP contribution in [0.3, 0.4) is 0 Å². The SMILES string of the molecule is Cc1ccc2c(c1)c1cc(C)ccc1c1nc(-c3cccc(-c4cccc5c4sc4c(-c6cccc7c6sc6ccccc67)cccc45)c3)cnc21. The summed E-state index contributed by atoms with van der Waals surface area (Å²) in [6.45, 7) is 4.31. The van der Waals surface area contributed by atoms with Gasteiger partial charge in [-0.1, -0.05) is 139 Å². The van der Waals surface area contributed by atoms with E-state index in [0.717, 1.165) is 33.1 Å². The van der Waals surface area contributed by atoms with Gasteiger partial charge in [0.1, 0.15) is 0 Å². The fourth-order valence-corrected chi connectivity index (χ4v) is 10.7. The van der Waals surface area contributed by atoms with Gasteiger partial charge in [-0.05, 0) is 47.9 Å². The molecule has 3 heterocycles. The normalized spacial score (nSPS) is 12.0. The number of hydrogen-bond acceptors (Lipinski definition) is 4. The van der Waals surface area contributed by atoms with E-state index in [9.17, 15) is 0 Å². The fraction of sp³-hybridized carbons (Fsp3) is 0.0417. The van der Waals surface area contributed by atoms with E-state index in [2.05, 4.69) is 153 Å². The lowest BCUT2D eigenvalue weighted by Gasteiger charge is -2.12. The molecule has 0 amide bonds. The first-order valence-electron chi connectivity index (χ1n) is 17.6. The lowest BCUT2D eigenvalue weighted by atomic mass is 9.96. The van der Waals surface area contributed by atoms with Crippen LogP contribution in [0.15, 0.2) is 146 Å². The van der Waals surface area contributed by atoms with E-state index in [1.165, 1.54) is 84.5 Å². The van der Waals surface area contributed by atoms with Gasteiger partial charge in [-0.2, -0.15) is 0 Å². The molecule has 3 aromatic heterocycles. The molecule has 0 N–H and O–H groups in total. The number of thiophene rings is 2. The summed E-state index contributed by atoms with van der Waals surface area (Å²) >= 11 is 3.80. The van der Waals surface area contributed by atoms with Gasteiger partial charge in [0.2, 0.25) is 0 Å². The summed E-state index contributed by atoms with van der Waals surface area (Å²) < 4.78 is 5.32. The summed E-state index contributed by atoms with van der Waals surface area (Å²) in [5.74, 6) is 0. The number of rotatable bonds is 3. The highest BCUT2D eigenvalue weighted by atomic mass is 32.1. The molecule has 0 bridgehead atoms. The third-order valence-electron chi connectivity index (χ3n) is 10.6. The van der Waals surface area contributed by atoms with Crippen LogP contribution in [-0.2, 0) is 0 Å². The average Bonchev–Trinajstić information content (AvgIpc) is 3.77. The highest BCUT2D eigenvalue weighted by Crippen LogP contribution is 2.47. The van der Waals surface area contributed by atoms with Crippen LogP contribution in [0.2, 0.25) is 0 Å². The van der Waals surface area contributed by atoms with Gasteiger partial charge in [-0.3, -0.25) is 4.98 Å². The molecule has 0 aliphatic rings. The minimum Gasteiger partial charge on any atom is -0.252 e. The van der Waals surface area contributed by atoms with Crippen molar-refractivity contribution in [3.05, 3.63) is 157 Å². The molecule has 4 heteroatoms. The molecular formula is C48H30N2S2. The highest BCUT2D eigenvalue weighted by molar-refractivity contribution is 7.27. The van der Waals surface area contributed by atoms with Gasteiger partial charge >= 0.3 is 0 Å². The molecule has 0 spiro atoms. The molecule has 0 aliphatic carbocycles. The minimum atomic E-state index is 0.880. The van der Waals surface area contributed by atoms with Gasteiger partial charge in [-0.25, -0.2) is 4.98 Å². The van der Waals surface area contributed by atoms with E-state index in [1.54, 1.807) is 0 Å². The van der Waals surface area contributed by atoms with Crippen LogP contribution in [0.5, 0.6) is 0 Å². The maximum atomic E-state index is 5.33. The molecular weight excluding hydrogens is 669 g/mol. The first kappa shape index (κ1) is 29.8. The summed E-state index contributed by atoms with van der Waals surface area (Å²) in [6, 6.07) is 51.2. The lowest BCUT2D eigenvalue weighted by molar-refractivity contribution is 1.31. The maximum Gasteiger partial charge on any atom is 0.0979 e. The lowest BCUT2D eigenvalue weighted by Crippen LogP contribution is -1.93. The number of benzene rings is 8. The Labute approximate surface area is 308 Å². The zero-order valence-electron chi connectivity index (χ0n) is 28.6. The second-order valence-corrected chi connectivity index (χ2v) is 16.0. The number of hydrogen-bond donors (Lipinski definition) is 0. The molecule has 0 saturated heterocycles. The number of aromatic nitrogens is 2. The van der Waals surface area contributed by atoms with Crippen molar-refractivity contribution >= 4 is 95.6 Å². The smallest absolute Gasteiger partial charge is 0.0979 e. The van der Waals surface area contributed by atoms with Crippen molar-refractivity contribution < 1.29 is 0 Å². The predicted octanol–water partition coefficient (Wildman–Crippen LogP) is 14.3. The van der Waals surface area contributed by atoms with Crippen molar-refractivity contribution in [2.75, 3.05) is 0 Å². The standard InChI is InChI=1S/C48H30N2S2/c1-27-19-21-33-40(23-27)41-24-28(2)20-22-34(41)45-44(33)49-26-42(50-45)30-10-5-9-29(25-30)31-12-6-14-36-38-16-8-17-39(48(38)52-46(31)36)37-15-7-13-35-32-11-3-4-18-43(32)51-47(35)37/h3-26H,1-2H3. The van der Waals surface area contributed by atoms with Crippen molar-refractivity contribution in [1.29, 1.82) is 0 Å². The third kappa shape index (κ3) is 4.41. The Hall–Kier alpha value is -5.94. The van der Waals surface area contributed by atoms with Crippen LogP contribution >= 0.6 is 22.7 Å². The van der Waals surface area contributed by atoms with Crippen molar-refractivity contribution in [2.24, 2.45) is 0 Å². The first-order chi connectivity index (χ1) is 25.6. The van der Waals surface area contributed by atoms with Crippen LogP contribution < -0.4 is 0 Å². The van der Waals surface area contributed by atoms with Crippen LogP contribution in [0.1, 0.15) is 11.1 Å². The van der Waals surface area contributed by atoms with Crippen LogP contribution in [-0.4, -0.2) is 9.97 Å². The van der Waals surface area contributed by atoms with Crippen molar-refractivity contribution in [1.82, 2.24) is 9.97 Å². The Balaban J connectivity index is 1.08. The molecule has 0 unspecified atom stereocenters. The zero-order valence-corrected chi connectivity index (χ0v) is 30.2. The largest absolute Gasteiger partial charge is 0.252 e. The summed E-state index contributed by atoms with van der Waals surface area (Å²) in [6.07, 6.45) is 1.95. The maximum absolute atomic E-state index is 5.33. The molecule has 11 rings (SSSR count). The van der Waals surface area contributed by atoms with Crippen LogP contribution in [0.25, 0.3) is 106 Å². The topological polar surface area (TPSA) is 25.8 Å². The summed E-state index contributed by atoms with van der Waals surface area (Å²) in [5, 5.41) is 10.0. The Bertz CT molecular complexity index is 3280. The van der Waals surface area contributed by atoms with E-state index in [0.29, 0.717) is 0 Å². The molecule has 0 fully saturated rings. The van der Waals surface area contributed by atoms with Gasteiger partial charge in [0.25, 0.3) is 0 Å². The molecule has 0 aliphatic heterocycles. The van der Waals surface area contributed by atoms with E-state index >= 15 is 0 Å². The number of fused-ring (bicyclic) bond motifs is 12. The Kier molecular flexibility index (Phi) is 6.46. The van der Waals surface area contributed by atoms with Gasteiger partial charge in [0.05, 0.1) is 22.9 Å². The van der Waals surface area contributed by atoms with Gasteiger partial charge < -0.3 is 0 Å². The minimum absolute atomic E-state index is 0.880. The van der Waals surface area contributed by atoms with Gasteiger partial charge in [0.15, 0.2) is 0 Å². The zero-order chi connectivity index (χ0) is 34.5. The molecule has 2 nitrogen and oxygen atoms in total. The molecule has 11 aromatic rings. The summed E-state index contributed by atoms with van der Waals surface area (Å²) in [4.78, 5) is 10.4. The van der Waals surface area contributed by atoms with E-state index in [1.807, 2.05) is 28.9 Å². The quantitative estimate of drug-likeness (QED) is 0.172. The van der Waals surface area contributed by atoms with Gasteiger partial charge in [0, 0.05) is 67.8 Å². The van der Waals surface area contributed by atoms with E-state index in [4.69, 9.17) is 9.97 Å². The van der Waals surface area contributed by atoms with E-state index < -0.39 is 0 Å². The third-order valence-corrected chi connectivity index (χ3v) is 13.1. The average molecular weight is 699 g/mol. The first-order valence-corrected chi connectivity index (χ1v) is 19.3. The van der Waals surface area contributed by atoms with E-state index in [-0.39, 0.29) is 0 Å². The number of nitrogens with zero attached hydrogens (tertiary/aromatic N) is 2. The second-order valence-electron chi connectivity index (χ2n) is 13.9. The van der Waals surface area contributed by atoms with Crippen LogP contribution in [0.4, 0.5) is 0 Å². The van der Waals surface area contributed by atoms with Crippen molar-refractivity contribution in [3.63, 3.8) is 0 Å². The fourth-order valence-electron chi connectivity index (χ4n) is 8.15. The number of aryl methyl sites for hydroxylation is 2. The second kappa shape index (κ2) is 11.3. The molecule has 52 heavy (non-hydrogen) atoms. The predicted molar refractivity (Wildman–Crippen MR) is 226 cm³/mol. The Morgan fingerprint density at radius 2 is 0.962 bits per heavy atom. The summed E-state index contributed by atoms with van der Waals surface area (Å²) in [5.41, 5.74) is 11.3. The summed E-state index contributed by atoms with van der Waals surface area (Å²) in [7, 11) is 0. The van der Waals surface area contributed by atoms with Gasteiger partial charge in [-0.15, -0.1) is 22.7 Å². The molecule has 0 atom stereocenters. The molecule has 0 saturated carbocycles. The molecule has 244 valence electrons. The van der Waals surface area contributed by atoms with Crippen LogP contribution in [0, 0.1) is 13.8 Å². The highest BCUT2D eigenvalue weighted by Gasteiger charge is 2.18. The Morgan fingerprint density at radius 3 is 1.69 bits per heavy atom. The van der Waals surface area contributed by atoms with Crippen molar-refractivity contribution in [2.45, 2.75) is 13.8 Å².